The number of carbonyl (C=O) groups excluding carboxylic acids is 1. The van der Waals surface area contributed by atoms with E-state index in [4.69, 9.17) is 21.5 Å². The highest BCUT2D eigenvalue weighted by molar-refractivity contribution is 7.89. The number of nitrogens with two attached hydrogens (primary N) is 1. The molecule has 0 atom stereocenters. The minimum atomic E-state index is -3.97. The van der Waals surface area contributed by atoms with Gasteiger partial charge in [0.05, 0.1) is 10.6 Å². The molecule has 0 unspecified atom stereocenters. The first-order valence-corrected chi connectivity index (χ1v) is 7.65. The monoisotopic (exact) mass is 320 g/mol. The van der Waals surface area contributed by atoms with Crippen molar-refractivity contribution in [2.75, 3.05) is 13.7 Å². The zero-order valence-corrected chi connectivity index (χ0v) is 13.0. The van der Waals surface area contributed by atoms with Crippen molar-refractivity contribution in [1.29, 1.82) is 0 Å². The molecule has 0 aliphatic carbocycles. The van der Waals surface area contributed by atoms with Crippen LogP contribution in [0, 0.1) is 0 Å². The molecule has 0 fully saturated rings. The average Bonchev–Trinajstić information content (AvgIpc) is 2.35. The molecule has 20 heavy (non-hydrogen) atoms. The van der Waals surface area contributed by atoms with Gasteiger partial charge in [0.25, 0.3) is 5.91 Å². The summed E-state index contributed by atoms with van der Waals surface area (Å²) in [6, 6.07) is 3.89. The normalized spacial score (nSPS) is 12.2. The maximum atomic E-state index is 12.0. The highest BCUT2D eigenvalue weighted by Gasteiger charge is 2.20. The Morgan fingerprint density at radius 1 is 1.45 bits per heavy atom. The Labute approximate surface area is 123 Å². The lowest BCUT2D eigenvalue weighted by molar-refractivity contribution is 0.0228. The summed E-state index contributed by atoms with van der Waals surface area (Å²) in [7, 11) is -2.44. The molecular weight excluding hydrogens is 304 g/mol. The van der Waals surface area contributed by atoms with Crippen LogP contribution in [0.4, 0.5) is 0 Å². The molecule has 0 heterocycles. The third-order valence-electron chi connectivity index (χ3n) is 2.73. The number of methoxy groups -OCH3 is 1. The van der Waals surface area contributed by atoms with E-state index in [0.717, 1.165) is 6.07 Å². The third kappa shape index (κ3) is 4.45. The minimum Gasteiger partial charge on any atom is -0.377 e. The van der Waals surface area contributed by atoms with Gasteiger partial charge in [-0.1, -0.05) is 11.6 Å². The smallest absolute Gasteiger partial charge is 0.251 e. The van der Waals surface area contributed by atoms with E-state index in [2.05, 4.69) is 5.32 Å². The van der Waals surface area contributed by atoms with Gasteiger partial charge >= 0.3 is 0 Å². The van der Waals surface area contributed by atoms with Crippen molar-refractivity contribution in [1.82, 2.24) is 5.32 Å². The molecule has 0 aliphatic rings. The second kappa shape index (κ2) is 6.09. The van der Waals surface area contributed by atoms with Crippen LogP contribution in [0.15, 0.2) is 23.1 Å². The number of halogens is 1. The van der Waals surface area contributed by atoms with Gasteiger partial charge < -0.3 is 10.1 Å². The molecule has 0 saturated carbocycles. The Balaban J connectivity index is 2.96. The molecule has 0 saturated heterocycles. The average molecular weight is 321 g/mol. The number of hydrogen-bond acceptors (Lipinski definition) is 4. The fourth-order valence-electron chi connectivity index (χ4n) is 1.33. The number of nitrogens with one attached hydrogen (secondary N) is 1. The van der Waals surface area contributed by atoms with E-state index in [9.17, 15) is 13.2 Å². The first-order valence-electron chi connectivity index (χ1n) is 5.72. The molecule has 3 N–H and O–H groups in total. The zero-order chi connectivity index (χ0) is 15.6. The molecule has 8 heteroatoms. The first-order chi connectivity index (χ1) is 9.07. The number of amides is 1. The SMILES string of the molecule is COC(C)(C)CNC(=O)c1ccc(Cl)c(S(N)(=O)=O)c1. The highest BCUT2D eigenvalue weighted by Crippen LogP contribution is 2.21. The fraction of sp³-hybridized carbons (Fsp3) is 0.417. The van der Waals surface area contributed by atoms with Gasteiger partial charge in [-0.2, -0.15) is 0 Å². The number of sulfonamides is 1. The van der Waals surface area contributed by atoms with Crippen molar-refractivity contribution in [2.24, 2.45) is 5.14 Å². The van der Waals surface area contributed by atoms with E-state index in [1.807, 2.05) is 13.8 Å². The second-order valence-corrected chi connectivity index (χ2v) is 6.77. The van der Waals surface area contributed by atoms with E-state index in [0.29, 0.717) is 0 Å². The predicted molar refractivity (Wildman–Crippen MR) is 76.2 cm³/mol. The molecular formula is C12H17ClN2O4S. The lowest BCUT2D eigenvalue weighted by Gasteiger charge is -2.23. The second-order valence-electron chi connectivity index (χ2n) is 4.84. The maximum Gasteiger partial charge on any atom is 0.251 e. The fourth-order valence-corrected chi connectivity index (χ4v) is 2.40. The summed E-state index contributed by atoms with van der Waals surface area (Å²) in [5.41, 5.74) is -0.365. The standard InChI is InChI=1S/C12H17ClN2O4S/c1-12(2,19-3)7-15-11(16)8-4-5-9(13)10(6-8)20(14,17)18/h4-6H,7H2,1-3H3,(H,15,16)(H2,14,17,18). The van der Waals surface area contributed by atoms with Crippen molar-refractivity contribution in [2.45, 2.75) is 24.3 Å². The van der Waals surface area contributed by atoms with E-state index in [-0.39, 0.29) is 22.0 Å². The van der Waals surface area contributed by atoms with E-state index in [1.165, 1.54) is 19.2 Å². The number of carbonyl (C=O) groups is 1. The molecule has 0 aliphatic heterocycles. The van der Waals surface area contributed by atoms with Crippen molar-refractivity contribution in [3.05, 3.63) is 28.8 Å². The molecule has 0 spiro atoms. The number of hydrogen-bond donors (Lipinski definition) is 2. The Bertz CT molecular complexity index is 614. The Kier molecular flexibility index (Phi) is 5.15. The highest BCUT2D eigenvalue weighted by atomic mass is 35.5. The number of rotatable bonds is 5. The number of benzene rings is 1. The van der Waals surface area contributed by atoms with Crippen LogP contribution < -0.4 is 10.5 Å². The summed E-state index contributed by atoms with van der Waals surface area (Å²) in [4.78, 5) is 11.7. The number of ether oxygens (including phenoxy) is 1. The minimum absolute atomic E-state index is 0.0266. The zero-order valence-electron chi connectivity index (χ0n) is 11.4. The molecule has 1 aromatic rings. The van der Waals surface area contributed by atoms with Gasteiger partial charge in [-0.3, -0.25) is 4.79 Å². The summed E-state index contributed by atoms with van der Waals surface area (Å²) >= 11 is 5.75. The lowest BCUT2D eigenvalue weighted by Crippen LogP contribution is -2.39. The topological polar surface area (TPSA) is 98.5 Å². The molecule has 1 aromatic carbocycles. The molecule has 0 bridgehead atoms. The predicted octanol–water partition coefficient (Wildman–Crippen LogP) is 1.14. The lowest BCUT2D eigenvalue weighted by atomic mass is 10.1. The van der Waals surface area contributed by atoms with Crippen molar-refractivity contribution < 1.29 is 17.9 Å². The van der Waals surface area contributed by atoms with Gasteiger partial charge in [0.15, 0.2) is 0 Å². The summed E-state index contributed by atoms with van der Waals surface area (Å²) in [6.07, 6.45) is 0. The van der Waals surface area contributed by atoms with Gasteiger partial charge in [-0.05, 0) is 32.0 Å². The molecule has 1 amide bonds. The third-order valence-corrected chi connectivity index (χ3v) is 4.12. The van der Waals surface area contributed by atoms with Gasteiger partial charge in [-0.15, -0.1) is 0 Å². The number of primary sulfonamides is 1. The van der Waals surface area contributed by atoms with Crippen molar-refractivity contribution in [3.8, 4) is 0 Å². The van der Waals surface area contributed by atoms with Gasteiger partial charge in [-0.25, -0.2) is 13.6 Å². The van der Waals surface area contributed by atoms with Gasteiger partial charge in [0.2, 0.25) is 10.0 Å². The van der Waals surface area contributed by atoms with Crippen LogP contribution in [0.2, 0.25) is 5.02 Å². The van der Waals surface area contributed by atoms with Crippen LogP contribution in [-0.4, -0.2) is 33.6 Å². The first kappa shape index (κ1) is 16.9. The van der Waals surface area contributed by atoms with E-state index < -0.39 is 21.5 Å². The van der Waals surface area contributed by atoms with Crippen LogP contribution in [0.5, 0.6) is 0 Å². The van der Waals surface area contributed by atoms with Crippen LogP contribution >= 0.6 is 11.6 Å². The Hall–Kier alpha value is -1.15. The largest absolute Gasteiger partial charge is 0.377 e. The van der Waals surface area contributed by atoms with Crippen LogP contribution in [-0.2, 0) is 14.8 Å². The van der Waals surface area contributed by atoms with E-state index >= 15 is 0 Å². The maximum absolute atomic E-state index is 12.0. The summed E-state index contributed by atoms with van der Waals surface area (Å²) < 4.78 is 27.8. The van der Waals surface area contributed by atoms with E-state index in [1.54, 1.807) is 0 Å². The summed E-state index contributed by atoms with van der Waals surface area (Å²) in [6.45, 7) is 3.89. The molecule has 6 nitrogen and oxygen atoms in total. The molecule has 1 rings (SSSR count). The van der Waals surface area contributed by atoms with Crippen LogP contribution in [0.3, 0.4) is 0 Å². The molecule has 0 aromatic heterocycles. The van der Waals surface area contributed by atoms with Gasteiger partial charge in [0, 0.05) is 19.2 Å². The Morgan fingerprint density at radius 3 is 2.55 bits per heavy atom. The quantitative estimate of drug-likeness (QED) is 0.850. The summed E-state index contributed by atoms with van der Waals surface area (Å²) in [5, 5.41) is 7.65. The Morgan fingerprint density at radius 2 is 2.05 bits per heavy atom. The van der Waals surface area contributed by atoms with Crippen molar-refractivity contribution in [3.63, 3.8) is 0 Å². The van der Waals surface area contributed by atoms with Gasteiger partial charge in [0.1, 0.15) is 4.90 Å². The summed E-state index contributed by atoms with van der Waals surface area (Å²) in [5.74, 6) is -0.434. The van der Waals surface area contributed by atoms with Crippen molar-refractivity contribution >= 4 is 27.5 Å². The molecule has 112 valence electrons. The van der Waals surface area contributed by atoms with Crippen LogP contribution in [0.25, 0.3) is 0 Å². The molecule has 0 radical (unpaired) electrons. The van der Waals surface area contributed by atoms with Crippen LogP contribution in [0.1, 0.15) is 24.2 Å².